The van der Waals surface area contributed by atoms with Gasteiger partial charge in [0.2, 0.25) is 5.91 Å². The van der Waals surface area contributed by atoms with Crippen molar-refractivity contribution in [3.05, 3.63) is 36.0 Å². The largest absolute Gasteiger partial charge is 0.497 e. The highest BCUT2D eigenvalue weighted by atomic mass is 16.5. The minimum Gasteiger partial charge on any atom is -0.497 e. The van der Waals surface area contributed by atoms with Crippen LogP contribution in [0.2, 0.25) is 0 Å². The number of nitrogens with zero attached hydrogens (tertiary/aromatic N) is 5. The molecule has 2 fully saturated rings. The van der Waals surface area contributed by atoms with E-state index >= 15 is 0 Å². The van der Waals surface area contributed by atoms with Gasteiger partial charge in [0.05, 0.1) is 24.9 Å². The van der Waals surface area contributed by atoms with Crippen molar-refractivity contribution in [2.24, 2.45) is 7.05 Å². The molecule has 2 amide bonds. The van der Waals surface area contributed by atoms with Crippen LogP contribution in [-0.2, 0) is 11.8 Å². The van der Waals surface area contributed by atoms with Gasteiger partial charge in [-0.05, 0) is 43.2 Å². The molecule has 4 rings (SSSR count). The molecule has 1 aliphatic heterocycles. The molecule has 178 valence electrons. The van der Waals surface area contributed by atoms with E-state index in [2.05, 4.69) is 10.00 Å². The van der Waals surface area contributed by atoms with E-state index in [9.17, 15) is 14.7 Å². The molecule has 1 saturated heterocycles. The van der Waals surface area contributed by atoms with Gasteiger partial charge in [0, 0.05) is 58.8 Å². The van der Waals surface area contributed by atoms with E-state index in [0.717, 1.165) is 42.9 Å². The maximum absolute atomic E-state index is 13.2. The van der Waals surface area contributed by atoms with Crippen LogP contribution >= 0.6 is 0 Å². The molecule has 1 N–H and O–H groups in total. The number of aliphatic hydroxyl groups is 1. The fraction of sp³-hybridized carbons (Fsp3) is 0.542. The Morgan fingerprint density at radius 3 is 2.39 bits per heavy atom. The second kappa shape index (κ2) is 9.52. The highest BCUT2D eigenvalue weighted by Crippen LogP contribution is 2.30. The Morgan fingerprint density at radius 1 is 1.12 bits per heavy atom. The predicted molar refractivity (Wildman–Crippen MR) is 124 cm³/mol. The molecule has 0 unspecified atom stereocenters. The maximum Gasteiger partial charge on any atom is 0.274 e. The lowest BCUT2D eigenvalue weighted by molar-refractivity contribution is -0.131. The third-order valence-corrected chi connectivity index (χ3v) is 7.08. The number of likely N-dealkylation sites (N-methyl/N-ethyl adjacent to an activating group) is 1. The average molecular weight is 456 g/mol. The highest BCUT2D eigenvalue weighted by Gasteiger charge is 2.42. The summed E-state index contributed by atoms with van der Waals surface area (Å²) in [6.07, 6.45) is 0.926. The summed E-state index contributed by atoms with van der Waals surface area (Å²) in [5.41, 5.74) is 2.14. The number of aryl methyl sites for hydroxylation is 1. The standard InChI is InChI=1S/C24H33N5O4/c1-16(30)28-11-13-29(14-12-28)21-10-9-20(23(21)31)26(2)24(32)19-15-22(27(3)25-19)17-5-7-18(33-4)8-6-17/h5-8,15,20-21,23,31H,9-14H2,1-4H3/t20-,21-,23-/m1/s1. The van der Waals surface area contributed by atoms with Crippen LogP contribution < -0.4 is 4.74 Å². The number of methoxy groups -OCH3 is 1. The van der Waals surface area contributed by atoms with Crippen molar-refractivity contribution in [2.45, 2.75) is 38.0 Å². The Morgan fingerprint density at radius 2 is 1.79 bits per heavy atom. The van der Waals surface area contributed by atoms with Gasteiger partial charge < -0.3 is 19.6 Å². The molecule has 9 nitrogen and oxygen atoms in total. The van der Waals surface area contributed by atoms with Crippen LogP contribution in [0.25, 0.3) is 11.3 Å². The quantitative estimate of drug-likeness (QED) is 0.729. The Hall–Kier alpha value is -2.91. The second-order valence-corrected chi connectivity index (χ2v) is 8.93. The molecule has 0 spiro atoms. The first kappa shape index (κ1) is 23.3. The van der Waals surface area contributed by atoms with Crippen LogP contribution in [0.3, 0.4) is 0 Å². The lowest BCUT2D eigenvalue weighted by Gasteiger charge is -2.39. The van der Waals surface area contributed by atoms with Gasteiger partial charge in [-0.2, -0.15) is 5.10 Å². The number of hydrogen-bond donors (Lipinski definition) is 1. The summed E-state index contributed by atoms with van der Waals surface area (Å²) >= 11 is 0. The third-order valence-electron chi connectivity index (χ3n) is 7.08. The van der Waals surface area contributed by atoms with Crippen molar-refractivity contribution in [3.8, 4) is 17.0 Å². The van der Waals surface area contributed by atoms with Gasteiger partial charge in [-0.1, -0.05) is 0 Å². The molecule has 1 aromatic carbocycles. The normalized spacial score (nSPS) is 23.5. The number of aromatic nitrogens is 2. The first-order valence-corrected chi connectivity index (χ1v) is 11.4. The van der Waals surface area contributed by atoms with Crippen molar-refractivity contribution in [1.82, 2.24) is 24.5 Å². The lowest BCUT2D eigenvalue weighted by atomic mass is 10.1. The molecule has 1 aliphatic carbocycles. The molecule has 2 heterocycles. The van der Waals surface area contributed by atoms with E-state index < -0.39 is 6.10 Å². The van der Waals surface area contributed by atoms with Crippen LogP contribution in [0.15, 0.2) is 30.3 Å². The lowest BCUT2D eigenvalue weighted by Crippen LogP contribution is -2.55. The minimum atomic E-state index is -0.632. The van der Waals surface area contributed by atoms with E-state index in [4.69, 9.17) is 4.74 Å². The number of aliphatic hydroxyl groups excluding tert-OH is 1. The number of benzene rings is 1. The zero-order valence-corrected chi connectivity index (χ0v) is 19.8. The molecule has 0 radical (unpaired) electrons. The molecule has 9 heteroatoms. The van der Waals surface area contributed by atoms with Gasteiger partial charge in [-0.15, -0.1) is 0 Å². The van der Waals surface area contributed by atoms with E-state index in [1.807, 2.05) is 36.2 Å². The zero-order chi connectivity index (χ0) is 23.7. The van der Waals surface area contributed by atoms with Crippen LogP contribution in [0.4, 0.5) is 0 Å². The van der Waals surface area contributed by atoms with E-state index in [1.165, 1.54) is 0 Å². The van der Waals surface area contributed by atoms with Crippen molar-refractivity contribution in [3.63, 3.8) is 0 Å². The topological polar surface area (TPSA) is 91.1 Å². The van der Waals surface area contributed by atoms with Gasteiger partial charge >= 0.3 is 0 Å². The van der Waals surface area contributed by atoms with E-state index in [1.54, 1.807) is 36.7 Å². The minimum absolute atomic E-state index is 0.00190. The molecular formula is C24H33N5O4. The van der Waals surface area contributed by atoms with Crippen LogP contribution in [-0.4, -0.2) is 99.9 Å². The monoisotopic (exact) mass is 455 g/mol. The number of rotatable bonds is 5. The average Bonchev–Trinajstić information content (AvgIpc) is 3.40. The summed E-state index contributed by atoms with van der Waals surface area (Å²) < 4.78 is 6.92. The zero-order valence-electron chi connectivity index (χ0n) is 19.8. The summed E-state index contributed by atoms with van der Waals surface area (Å²) in [7, 11) is 5.19. The number of piperazine rings is 1. The summed E-state index contributed by atoms with van der Waals surface area (Å²) in [6, 6.07) is 9.15. The molecule has 1 aromatic heterocycles. The Labute approximate surface area is 194 Å². The predicted octanol–water partition coefficient (Wildman–Crippen LogP) is 1.22. The Balaban J connectivity index is 1.42. The Bertz CT molecular complexity index is 997. The van der Waals surface area contributed by atoms with Crippen molar-refractivity contribution in [1.29, 1.82) is 0 Å². The van der Waals surface area contributed by atoms with E-state index in [-0.39, 0.29) is 23.9 Å². The first-order valence-electron chi connectivity index (χ1n) is 11.4. The fourth-order valence-corrected chi connectivity index (χ4v) is 5.06. The Kier molecular flexibility index (Phi) is 6.71. The number of hydrogen-bond acceptors (Lipinski definition) is 6. The smallest absolute Gasteiger partial charge is 0.274 e. The van der Waals surface area contributed by atoms with Crippen LogP contribution in [0.1, 0.15) is 30.3 Å². The van der Waals surface area contributed by atoms with Gasteiger partial charge in [-0.25, -0.2) is 0 Å². The highest BCUT2D eigenvalue weighted by molar-refractivity contribution is 5.93. The van der Waals surface area contributed by atoms with Gasteiger partial charge in [0.1, 0.15) is 5.75 Å². The van der Waals surface area contributed by atoms with Gasteiger partial charge in [0.25, 0.3) is 5.91 Å². The number of carbonyl (C=O) groups excluding carboxylic acids is 2. The third kappa shape index (κ3) is 4.60. The molecule has 0 bridgehead atoms. The molecule has 33 heavy (non-hydrogen) atoms. The second-order valence-electron chi connectivity index (χ2n) is 8.93. The van der Waals surface area contributed by atoms with Gasteiger partial charge in [0.15, 0.2) is 5.69 Å². The van der Waals surface area contributed by atoms with Crippen molar-refractivity contribution >= 4 is 11.8 Å². The summed E-state index contributed by atoms with van der Waals surface area (Å²) in [6.45, 7) is 4.45. The molecular weight excluding hydrogens is 422 g/mol. The molecule has 1 saturated carbocycles. The summed E-state index contributed by atoms with van der Waals surface area (Å²) in [5, 5.41) is 15.5. The summed E-state index contributed by atoms with van der Waals surface area (Å²) in [4.78, 5) is 30.6. The number of ether oxygens (including phenoxy) is 1. The maximum atomic E-state index is 13.2. The van der Waals surface area contributed by atoms with Crippen LogP contribution in [0, 0.1) is 0 Å². The molecule has 3 atom stereocenters. The number of carbonyl (C=O) groups is 2. The first-order chi connectivity index (χ1) is 15.8. The van der Waals surface area contributed by atoms with Crippen LogP contribution in [0.5, 0.6) is 5.75 Å². The summed E-state index contributed by atoms with van der Waals surface area (Å²) in [5.74, 6) is 0.662. The fourth-order valence-electron chi connectivity index (χ4n) is 5.06. The van der Waals surface area contributed by atoms with Crippen molar-refractivity contribution in [2.75, 3.05) is 40.3 Å². The number of amides is 2. The SMILES string of the molecule is COc1ccc(-c2cc(C(=O)N(C)[C@@H]3CC[C@@H](N4CCN(C(C)=O)CC4)[C@@H]3O)nn2C)cc1. The molecule has 2 aliphatic rings. The van der Waals surface area contributed by atoms with Gasteiger partial charge in [-0.3, -0.25) is 19.2 Å². The van der Waals surface area contributed by atoms with E-state index in [0.29, 0.717) is 18.8 Å². The van der Waals surface area contributed by atoms with Crippen molar-refractivity contribution < 1.29 is 19.4 Å². The molecule has 2 aromatic rings.